The van der Waals surface area contributed by atoms with Gasteiger partial charge in [-0.3, -0.25) is 14.4 Å². The molecule has 0 atom stereocenters. The Morgan fingerprint density at radius 1 is 1.22 bits per heavy atom. The molecule has 2 heterocycles. The zero-order valence-corrected chi connectivity index (χ0v) is 20.0. The Morgan fingerprint density at radius 3 is 2.81 bits per heavy atom. The SMILES string of the molecule is CCOc1cccc2sc(N(CCn3cccn3)C(=O)c3cccc(SC(C)C)c3)nc12. The van der Waals surface area contributed by atoms with Gasteiger partial charge < -0.3 is 4.74 Å². The maximum absolute atomic E-state index is 13.7. The smallest absolute Gasteiger partial charge is 0.260 e. The number of anilines is 1. The fourth-order valence-corrected chi connectivity index (χ4v) is 5.25. The Hall–Kier alpha value is -2.84. The van der Waals surface area contributed by atoms with Crippen LogP contribution in [-0.2, 0) is 6.54 Å². The number of benzene rings is 2. The van der Waals surface area contributed by atoms with Gasteiger partial charge in [0.2, 0.25) is 0 Å². The van der Waals surface area contributed by atoms with Gasteiger partial charge in [0.05, 0.1) is 17.9 Å². The van der Waals surface area contributed by atoms with E-state index < -0.39 is 0 Å². The Bertz CT molecular complexity index is 1190. The van der Waals surface area contributed by atoms with Crippen LogP contribution in [0.1, 0.15) is 31.1 Å². The first-order valence-corrected chi connectivity index (χ1v) is 12.3. The molecule has 0 radical (unpaired) electrons. The molecule has 0 N–H and O–H groups in total. The summed E-state index contributed by atoms with van der Waals surface area (Å²) < 4.78 is 8.57. The van der Waals surface area contributed by atoms with Gasteiger partial charge in [-0.2, -0.15) is 5.10 Å². The average molecular weight is 467 g/mol. The highest BCUT2D eigenvalue weighted by atomic mass is 32.2. The first-order valence-electron chi connectivity index (χ1n) is 10.6. The van der Waals surface area contributed by atoms with Crippen LogP contribution < -0.4 is 9.64 Å². The Balaban J connectivity index is 1.69. The second kappa shape index (κ2) is 10.2. The number of hydrogen-bond acceptors (Lipinski definition) is 6. The number of para-hydroxylation sites is 1. The molecule has 0 bridgehead atoms. The quantitative estimate of drug-likeness (QED) is 0.294. The molecule has 0 aliphatic carbocycles. The summed E-state index contributed by atoms with van der Waals surface area (Å²) in [5, 5.41) is 5.38. The molecule has 2 aromatic heterocycles. The van der Waals surface area contributed by atoms with E-state index in [1.807, 2.05) is 66.3 Å². The summed E-state index contributed by atoms with van der Waals surface area (Å²) in [5.41, 5.74) is 1.44. The van der Waals surface area contributed by atoms with E-state index in [0.29, 0.717) is 35.6 Å². The number of thioether (sulfide) groups is 1. The number of amides is 1. The van der Waals surface area contributed by atoms with Crippen molar-refractivity contribution in [1.82, 2.24) is 14.8 Å². The van der Waals surface area contributed by atoms with E-state index in [1.54, 1.807) is 22.9 Å². The van der Waals surface area contributed by atoms with E-state index in [0.717, 1.165) is 20.9 Å². The van der Waals surface area contributed by atoms with E-state index in [4.69, 9.17) is 9.72 Å². The zero-order chi connectivity index (χ0) is 22.5. The lowest BCUT2D eigenvalue weighted by Crippen LogP contribution is -2.34. The minimum Gasteiger partial charge on any atom is -0.492 e. The van der Waals surface area contributed by atoms with Gasteiger partial charge in [-0.1, -0.05) is 37.3 Å². The van der Waals surface area contributed by atoms with Crippen molar-refractivity contribution in [2.24, 2.45) is 0 Å². The first kappa shape index (κ1) is 22.4. The highest BCUT2D eigenvalue weighted by molar-refractivity contribution is 7.99. The van der Waals surface area contributed by atoms with E-state index in [2.05, 4.69) is 18.9 Å². The van der Waals surface area contributed by atoms with Crippen LogP contribution in [0.3, 0.4) is 0 Å². The van der Waals surface area contributed by atoms with E-state index in [1.165, 1.54) is 11.3 Å². The van der Waals surface area contributed by atoms with Crippen LogP contribution in [0.15, 0.2) is 65.8 Å². The largest absolute Gasteiger partial charge is 0.492 e. The Kier molecular flexibility index (Phi) is 7.12. The van der Waals surface area contributed by atoms with Crippen molar-refractivity contribution < 1.29 is 9.53 Å². The topological polar surface area (TPSA) is 60.2 Å². The molecule has 0 saturated carbocycles. The van der Waals surface area contributed by atoms with Crippen LogP contribution in [0, 0.1) is 0 Å². The van der Waals surface area contributed by atoms with Gasteiger partial charge in [-0.15, -0.1) is 11.8 Å². The number of nitrogens with zero attached hydrogens (tertiary/aromatic N) is 4. The lowest BCUT2D eigenvalue weighted by molar-refractivity contribution is 0.0985. The first-order chi connectivity index (χ1) is 15.5. The summed E-state index contributed by atoms with van der Waals surface area (Å²) in [5.74, 6) is 0.669. The Labute approximate surface area is 196 Å². The van der Waals surface area contributed by atoms with Crippen LogP contribution in [0.2, 0.25) is 0 Å². The molecule has 1 amide bonds. The van der Waals surface area contributed by atoms with Crippen molar-refractivity contribution in [2.45, 2.75) is 37.5 Å². The molecule has 0 fully saturated rings. The molecule has 8 heteroatoms. The van der Waals surface area contributed by atoms with E-state index in [-0.39, 0.29) is 5.91 Å². The van der Waals surface area contributed by atoms with Crippen LogP contribution in [0.4, 0.5) is 5.13 Å². The van der Waals surface area contributed by atoms with E-state index in [9.17, 15) is 4.79 Å². The molecule has 6 nitrogen and oxygen atoms in total. The summed E-state index contributed by atoms with van der Waals surface area (Å²) >= 11 is 3.25. The number of carbonyl (C=O) groups excluding carboxylic acids is 1. The number of rotatable bonds is 9. The lowest BCUT2D eigenvalue weighted by Gasteiger charge is -2.20. The predicted molar refractivity (Wildman–Crippen MR) is 132 cm³/mol. The van der Waals surface area contributed by atoms with Crippen LogP contribution in [0.5, 0.6) is 5.75 Å². The van der Waals surface area contributed by atoms with Gasteiger partial charge in [-0.05, 0) is 43.3 Å². The third kappa shape index (κ3) is 5.14. The van der Waals surface area contributed by atoms with Gasteiger partial charge in [-0.25, -0.2) is 4.98 Å². The summed E-state index contributed by atoms with van der Waals surface area (Å²) in [4.78, 5) is 21.3. The van der Waals surface area contributed by atoms with Crippen molar-refractivity contribution in [3.05, 3.63) is 66.5 Å². The van der Waals surface area contributed by atoms with Crippen molar-refractivity contribution >= 4 is 44.4 Å². The fourth-order valence-electron chi connectivity index (χ4n) is 3.35. The standard InChI is InChI=1S/C24H26N4O2S2/c1-4-30-20-10-6-11-21-22(20)26-24(32-21)28(15-14-27-13-7-12-25-27)23(29)18-8-5-9-19(16-18)31-17(2)3/h5-13,16-17H,4,14-15H2,1-3H3. The maximum atomic E-state index is 13.7. The summed E-state index contributed by atoms with van der Waals surface area (Å²) in [6.07, 6.45) is 3.64. The van der Waals surface area contributed by atoms with Crippen molar-refractivity contribution in [3.8, 4) is 5.75 Å². The minimum absolute atomic E-state index is 0.0691. The molecule has 32 heavy (non-hydrogen) atoms. The van der Waals surface area contributed by atoms with Gasteiger partial charge >= 0.3 is 0 Å². The molecular weight excluding hydrogens is 440 g/mol. The number of hydrogen-bond donors (Lipinski definition) is 0. The Morgan fingerprint density at radius 2 is 2.06 bits per heavy atom. The number of thiazole rings is 1. The molecule has 0 aliphatic heterocycles. The molecule has 4 rings (SSSR count). The van der Waals surface area contributed by atoms with Gasteiger partial charge in [0, 0.05) is 34.6 Å². The summed E-state index contributed by atoms with van der Waals surface area (Å²) in [7, 11) is 0. The fraction of sp³-hybridized carbons (Fsp3) is 0.292. The van der Waals surface area contributed by atoms with Crippen LogP contribution >= 0.6 is 23.1 Å². The molecule has 0 unspecified atom stereocenters. The van der Waals surface area contributed by atoms with Gasteiger partial charge in [0.25, 0.3) is 5.91 Å². The molecule has 166 valence electrons. The third-order valence-corrected chi connectivity index (χ3v) is 6.75. The highest BCUT2D eigenvalue weighted by Gasteiger charge is 2.23. The van der Waals surface area contributed by atoms with Crippen LogP contribution in [-0.4, -0.2) is 39.1 Å². The molecule has 4 aromatic rings. The summed E-state index contributed by atoms with van der Waals surface area (Å²) in [6.45, 7) is 7.85. The molecule has 0 saturated heterocycles. The monoisotopic (exact) mass is 466 g/mol. The number of aromatic nitrogens is 3. The highest BCUT2D eigenvalue weighted by Crippen LogP contribution is 2.35. The summed E-state index contributed by atoms with van der Waals surface area (Å²) in [6, 6.07) is 15.6. The number of carbonyl (C=O) groups is 1. The molecular formula is C24H26N4O2S2. The zero-order valence-electron chi connectivity index (χ0n) is 18.4. The maximum Gasteiger partial charge on any atom is 0.260 e. The number of fused-ring (bicyclic) bond motifs is 1. The molecule has 0 aliphatic rings. The normalized spacial score (nSPS) is 11.2. The van der Waals surface area contributed by atoms with Crippen molar-refractivity contribution in [3.63, 3.8) is 0 Å². The van der Waals surface area contributed by atoms with Crippen molar-refractivity contribution in [2.75, 3.05) is 18.1 Å². The molecule has 0 spiro atoms. The van der Waals surface area contributed by atoms with E-state index >= 15 is 0 Å². The predicted octanol–water partition coefficient (Wildman–Crippen LogP) is 5.74. The second-order valence-corrected chi connectivity index (χ2v) is 10.1. The lowest BCUT2D eigenvalue weighted by atomic mass is 10.2. The number of ether oxygens (including phenoxy) is 1. The minimum atomic E-state index is -0.0691. The van der Waals surface area contributed by atoms with Gasteiger partial charge in [0.1, 0.15) is 11.3 Å². The van der Waals surface area contributed by atoms with Crippen molar-refractivity contribution in [1.29, 1.82) is 0 Å². The average Bonchev–Trinajstić information content (AvgIpc) is 3.44. The second-order valence-electron chi connectivity index (χ2n) is 7.45. The van der Waals surface area contributed by atoms with Crippen LogP contribution in [0.25, 0.3) is 10.2 Å². The molecule has 2 aromatic carbocycles. The van der Waals surface area contributed by atoms with Gasteiger partial charge in [0.15, 0.2) is 5.13 Å². The third-order valence-electron chi connectivity index (χ3n) is 4.71.